The molecule has 0 unspecified atom stereocenters. The van der Waals surface area contributed by atoms with Crippen molar-refractivity contribution >= 4 is 17.3 Å². The molecule has 0 bridgehead atoms. The molecule has 1 aromatic rings. The number of ether oxygens (including phenoxy) is 1. The first-order valence-corrected chi connectivity index (χ1v) is 11.6. The van der Waals surface area contributed by atoms with E-state index in [1.54, 1.807) is 0 Å². The van der Waals surface area contributed by atoms with Gasteiger partial charge in [0.2, 0.25) is 5.91 Å². The molecule has 5 nitrogen and oxygen atoms in total. The summed E-state index contributed by atoms with van der Waals surface area (Å²) in [4.78, 5) is 20.6. The maximum atomic E-state index is 13.3. The van der Waals surface area contributed by atoms with Crippen LogP contribution in [0, 0.1) is 12.3 Å². The Hall–Kier alpha value is -1.59. The maximum absolute atomic E-state index is 13.3. The zero-order valence-corrected chi connectivity index (χ0v) is 18.0. The first kappa shape index (κ1) is 19.4. The Kier molecular flexibility index (Phi) is 5.07. The lowest BCUT2D eigenvalue weighted by Gasteiger charge is -2.32. The third-order valence-corrected chi connectivity index (χ3v) is 8.04. The zero-order chi connectivity index (χ0) is 20.0. The summed E-state index contributed by atoms with van der Waals surface area (Å²) in [5.74, 6) is 0.320. The van der Waals surface area contributed by atoms with Crippen LogP contribution in [0.4, 0.5) is 11.4 Å². The summed E-state index contributed by atoms with van der Waals surface area (Å²) in [6, 6.07) is 8.16. The fraction of sp³-hybridized carbons (Fsp3) is 0.708. The summed E-state index contributed by atoms with van der Waals surface area (Å²) in [6.07, 6.45) is 6.69. The molecule has 29 heavy (non-hydrogen) atoms. The van der Waals surface area contributed by atoms with Gasteiger partial charge in [-0.25, -0.2) is 0 Å². The number of aryl methyl sites for hydroxylation is 1. The van der Waals surface area contributed by atoms with Crippen molar-refractivity contribution in [2.75, 3.05) is 49.2 Å². The molecular formula is C24H35N3O2. The molecule has 0 aliphatic carbocycles. The number of benzene rings is 1. The number of nitrogens with zero attached hydrogens (tertiary/aromatic N) is 3. The first-order chi connectivity index (χ1) is 14.1. The smallest absolute Gasteiger partial charge is 0.233 e. The summed E-state index contributed by atoms with van der Waals surface area (Å²) in [5, 5.41) is 0. The van der Waals surface area contributed by atoms with Crippen molar-refractivity contribution in [3.8, 4) is 0 Å². The predicted molar refractivity (Wildman–Crippen MR) is 117 cm³/mol. The van der Waals surface area contributed by atoms with E-state index in [0.717, 1.165) is 63.8 Å². The molecule has 1 aromatic carbocycles. The summed E-state index contributed by atoms with van der Waals surface area (Å²) in [6.45, 7) is 10.4. The Balaban J connectivity index is 1.29. The lowest BCUT2D eigenvalue weighted by atomic mass is 9.79. The second-order valence-corrected chi connectivity index (χ2v) is 9.69. The van der Waals surface area contributed by atoms with Crippen LogP contribution in [-0.2, 0) is 9.53 Å². The van der Waals surface area contributed by atoms with Gasteiger partial charge in [-0.2, -0.15) is 0 Å². The Morgan fingerprint density at radius 1 is 1.07 bits per heavy atom. The minimum atomic E-state index is -0.169. The Morgan fingerprint density at radius 3 is 2.62 bits per heavy atom. The second-order valence-electron chi connectivity index (χ2n) is 9.69. The van der Waals surface area contributed by atoms with Crippen LogP contribution in [0.1, 0.15) is 51.0 Å². The number of carbonyl (C=O) groups is 1. The van der Waals surface area contributed by atoms with Gasteiger partial charge in [-0.05, 0) is 82.7 Å². The van der Waals surface area contributed by atoms with Crippen molar-refractivity contribution < 1.29 is 9.53 Å². The van der Waals surface area contributed by atoms with Crippen molar-refractivity contribution in [2.45, 2.75) is 64.5 Å². The highest BCUT2D eigenvalue weighted by Crippen LogP contribution is 2.43. The van der Waals surface area contributed by atoms with Crippen molar-refractivity contribution in [1.82, 2.24) is 4.90 Å². The van der Waals surface area contributed by atoms with Crippen LogP contribution in [0.2, 0.25) is 0 Å². The Morgan fingerprint density at radius 2 is 1.90 bits per heavy atom. The normalized spacial score (nSPS) is 30.1. The molecule has 0 saturated carbocycles. The summed E-state index contributed by atoms with van der Waals surface area (Å²) >= 11 is 0. The van der Waals surface area contributed by atoms with E-state index in [-0.39, 0.29) is 5.41 Å². The van der Waals surface area contributed by atoms with Gasteiger partial charge in [0.05, 0.1) is 5.41 Å². The highest BCUT2D eigenvalue weighted by molar-refractivity contribution is 6.00. The van der Waals surface area contributed by atoms with E-state index < -0.39 is 0 Å². The van der Waals surface area contributed by atoms with E-state index in [9.17, 15) is 4.79 Å². The lowest BCUT2D eigenvalue weighted by Crippen LogP contribution is -2.39. The van der Waals surface area contributed by atoms with Gasteiger partial charge in [0, 0.05) is 56.3 Å². The molecule has 1 amide bonds. The molecular weight excluding hydrogens is 362 g/mol. The maximum Gasteiger partial charge on any atom is 0.233 e. The zero-order valence-electron chi connectivity index (χ0n) is 18.0. The summed E-state index contributed by atoms with van der Waals surface area (Å²) in [5.41, 5.74) is 3.47. The van der Waals surface area contributed by atoms with Crippen molar-refractivity contribution in [2.24, 2.45) is 5.41 Å². The fourth-order valence-corrected chi connectivity index (χ4v) is 6.16. The summed E-state index contributed by atoms with van der Waals surface area (Å²) < 4.78 is 5.51. The number of anilines is 2. The van der Waals surface area contributed by atoms with Gasteiger partial charge in [-0.15, -0.1) is 0 Å². The van der Waals surface area contributed by atoms with E-state index in [1.807, 2.05) is 4.90 Å². The molecule has 1 spiro atoms. The average molecular weight is 398 g/mol. The molecule has 2 atom stereocenters. The van der Waals surface area contributed by atoms with Gasteiger partial charge in [0.25, 0.3) is 0 Å². The quantitative estimate of drug-likeness (QED) is 0.781. The van der Waals surface area contributed by atoms with Crippen LogP contribution in [0.15, 0.2) is 18.2 Å². The summed E-state index contributed by atoms with van der Waals surface area (Å²) in [7, 11) is 0. The molecule has 4 aliphatic heterocycles. The largest absolute Gasteiger partial charge is 0.381 e. The van der Waals surface area contributed by atoms with Crippen LogP contribution >= 0.6 is 0 Å². The van der Waals surface area contributed by atoms with Gasteiger partial charge >= 0.3 is 0 Å². The van der Waals surface area contributed by atoms with E-state index >= 15 is 0 Å². The molecule has 4 saturated heterocycles. The average Bonchev–Trinajstić information content (AvgIpc) is 3.44. The molecule has 0 aromatic heterocycles. The molecule has 4 heterocycles. The highest BCUT2D eigenvalue weighted by atomic mass is 16.5. The predicted octanol–water partition coefficient (Wildman–Crippen LogP) is 3.59. The lowest BCUT2D eigenvalue weighted by molar-refractivity contribution is -0.130. The molecule has 4 fully saturated rings. The molecule has 158 valence electrons. The number of likely N-dealkylation sites (tertiary alicyclic amines) is 1. The fourth-order valence-electron chi connectivity index (χ4n) is 6.16. The van der Waals surface area contributed by atoms with Gasteiger partial charge in [-0.3, -0.25) is 9.69 Å². The highest BCUT2D eigenvalue weighted by Gasteiger charge is 2.48. The molecule has 5 rings (SSSR count). The van der Waals surface area contributed by atoms with E-state index in [4.69, 9.17) is 4.74 Å². The standard InChI is InChI=1S/C24H35N3O2/c1-18-16-20(25-12-7-21(17-25)26-11-3-4-19(26)2)5-6-22(18)27-13-8-24(23(27)28)9-14-29-15-10-24/h5-6,16,19,21H,3-4,7-15,17H2,1-2H3/t19-,21-/m1/s1. The van der Waals surface area contributed by atoms with Gasteiger partial charge in [-0.1, -0.05) is 0 Å². The van der Waals surface area contributed by atoms with E-state index in [0.29, 0.717) is 11.9 Å². The Bertz CT molecular complexity index is 773. The third-order valence-electron chi connectivity index (χ3n) is 8.04. The van der Waals surface area contributed by atoms with Crippen LogP contribution < -0.4 is 9.80 Å². The van der Waals surface area contributed by atoms with Crippen molar-refractivity contribution in [1.29, 1.82) is 0 Å². The van der Waals surface area contributed by atoms with E-state index in [2.05, 4.69) is 41.8 Å². The van der Waals surface area contributed by atoms with Gasteiger partial charge < -0.3 is 14.5 Å². The minimum Gasteiger partial charge on any atom is -0.381 e. The number of carbonyl (C=O) groups excluding carboxylic acids is 1. The second kappa shape index (κ2) is 7.59. The van der Waals surface area contributed by atoms with E-state index in [1.165, 1.54) is 37.1 Å². The first-order valence-electron chi connectivity index (χ1n) is 11.6. The van der Waals surface area contributed by atoms with Crippen LogP contribution in [0.25, 0.3) is 0 Å². The van der Waals surface area contributed by atoms with Gasteiger partial charge in [0.15, 0.2) is 0 Å². The monoisotopic (exact) mass is 397 g/mol. The topological polar surface area (TPSA) is 36.0 Å². The molecule has 5 heteroatoms. The SMILES string of the molecule is Cc1cc(N2CC[C@@H](N3CCC[C@H]3C)C2)ccc1N1CCC2(CCOCC2)C1=O. The van der Waals surface area contributed by atoms with Gasteiger partial charge in [0.1, 0.15) is 0 Å². The Labute approximate surface area is 175 Å². The minimum absolute atomic E-state index is 0.169. The van der Waals surface area contributed by atoms with Crippen LogP contribution in [0.5, 0.6) is 0 Å². The molecule has 4 aliphatic rings. The third kappa shape index (κ3) is 3.36. The van der Waals surface area contributed by atoms with Crippen molar-refractivity contribution in [3.05, 3.63) is 23.8 Å². The number of hydrogen-bond acceptors (Lipinski definition) is 4. The number of amides is 1. The number of hydrogen-bond donors (Lipinski definition) is 0. The van der Waals surface area contributed by atoms with Crippen molar-refractivity contribution in [3.63, 3.8) is 0 Å². The molecule has 0 N–H and O–H groups in total. The van der Waals surface area contributed by atoms with Crippen LogP contribution in [0.3, 0.4) is 0 Å². The molecule has 0 radical (unpaired) electrons. The number of rotatable bonds is 3. The van der Waals surface area contributed by atoms with Crippen LogP contribution in [-0.4, -0.2) is 62.3 Å².